The standard InChI is InChI=1S/C20H17NO2/c1-12-18(23-3)9-8-15-19(12)21(2)17-11-14-7-5-4-6-13(14)10-16(17)20(15)22/h4-11H,1-3H3. The molecule has 0 aliphatic rings. The molecule has 3 nitrogen and oxygen atoms in total. The molecule has 0 aliphatic heterocycles. The van der Waals surface area contributed by atoms with Gasteiger partial charge in [-0.25, -0.2) is 0 Å². The van der Waals surface area contributed by atoms with Gasteiger partial charge in [0, 0.05) is 23.4 Å². The van der Waals surface area contributed by atoms with Crippen molar-refractivity contribution in [3.8, 4) is 5.75 Å². The summed E-state index contributed by atoms with van der Waals surface area (Å²) in [6.07, 6.45) is 0. The first-order valence-electron chi connectivity index (χ1n) is 7.60. The third-order valence-corrected chi connectivity index (χ3v) is 4.65. The van der Waals surface area contributed by atoms with E-state index in [1.807, 2.05) is 50.4 Å². The molecule has 0 saturated carbocycles. The number of benzene rings is 3. The average molecular weight is 303 g/mol. The highest BCUT2D eigenvalue weighted by Gasteiger charge is 2.13. The van der Waals surface area contributed by atoms with Crippen LogP contribution in [0.2, 0.25) is 0 Å². The van der Waals surface area contributed by atoms with Gasteiger partial charge in [-0.3, -0.25) is 4.79 Å². The Morgan fingerprint density at radius 3 is 2.35 bits per heavy atom. The number of ether oxygens (including phenoxy) is 1. The van der Waals surface area contributed by atoms with Crippen molar-refractivity contribution >= 4 is 32.6 Å². The summed E-state index contributed by atoms with van der Waals surface area (Å²) in [6.45, 7) is 1.99. The molecule has 0 atom stereocenters. The van der Waals surface area contributed by atoms with Gasteiger partial charge in [-0.15, -0.1) is 0 Å². The Balaban J connectivity index is 2.29. The first kappa shape index (κ1) is 13.8. The number of hydrogen-bond acceptors (Lipinski definition) is 2. The summed E-state index contributed by atoms with van der Waals surface area (Å²) in [5.74, 6) is 0.799. The number of fused-ring (bicyclic) bond motifs is 3. The molecule has 0 aliphatic carbocycles. The molecule has 3 aromatic carbocycles. The molecule has 4 rings (SSSR count). The lowest BCUT2D eigenvalue weighted by molar-refractivity contribution is 0.412. The van der Waals surface area contributed by atoms with Crippen LogP contribution in [0.1, 0.15) is 5.56 Å². The summed E-state index contributed by atoms with van der Waals surface area (Å²) >= 11 is 0. The third-order valence-electron chi connectivity index (χ3n) is 4.65. The molecule has 1 aromatic heterocycles. The molecule has 1 heterocycles. The zero-order chi connectivity index (χ0) is 16.1. The molecule has 4 aromatic rings. The van der Waals surface area contributed by atoms with Crippen molar-refractivity contribution in [2.75, 3.05) is 7.11 Å². The second-order valence-corrected chi connectivity index (χ2v) is 5.89. The van der Waals surface area contributed by atoms with Gasteiger partial charge in [-0.2, -0.15) is 0 Å². The maximum Gasteiger partial charge on any atom is 0.197 e. The van der Waals surface area contributed by atoms with E-state index in [1.165, 1.54) is 0 Å². The van der Waals surface area contributed by atoms with E-state index in [2.05, 4.69) is 16.7 Å². The summed E-state index contributed by atoms with van der Waals surface area (Å²) in [5, 5.41) is 3.70. The highest BCUT2D eigenvalue weighted by atomic mass is 16.5. The Morgan fingerprint density at radius 2 is 1.65 bits per heavy atom. The Hall–Kier alpha value is -2.81. The minimum Gasteiger partial charge on any atom is -0.496 e. The lowest BCUT2D eigenvalue weighted by Gasteiger charge is -2.15. The van der Waals surface area contributed by atoms with Crippen molar-refractivity contribution in [2.24, 2.45) is 7.05 Å². The normalized spacial score (nSPS) is 11.4. The Morgan fingerprint density at radius 1 is 0.957 bits per heavy atom. The molecule has 23 heavy (non-hydrogen) atoms. The molecular formula is C20H17NO2. The van der Waals surface area contributed by atoms with Gasteiger partial charge in [-0.05, 0) is 42.0 Å². The van der Waals surface area contributed by atoms with Crippen LogP contribution in [0, 0.1) is 6.92 Å². The van der Waals surface area contributed by atoms with Crippen LogP contribution in [0.4, 0.5) is 0 Å². The van der Waals surface area contributed by atoms with Gasteiger partial charge in [0.1, 0.15) is 5.75 Å². The van der Waals surface area contributed by atoms with Gasteiger partial charge in [0.15, 0.2) is 5.43 Å². The zero-order valence-electron chi connectivity index (χ0n) is 13.4. The van der Waals surface area contributed by atoms with E-state index in [9.17, 15) is 4.79 Å². The van der Waals surface area contributed by atoms with E-state index in [-0.39, 0.29) is 5.43 Å². The van der Waals surface area contributed by atoms with Gasteiger partial charge in [0.2, 0.25) is 0 Å². The maximum absolute atomic E-state index is 13.0. The molecule has 114 valence electrons. The number of rotatable bonds is 1. The lowest BCUT2D eigenvalue weighted by Crippen LogP contribution is -2.10. The number of hydrogen-bond donors (Lipinski definition) is 0. The van der Waals surface area contributed by atoms with Crippen LogP contribution in [0.5, 0.6) is 5.75 Å². The minimum atomic E-state index is 0.0737. The fourth-order valence-electron chi connectivity index (χ4n) is 3.47. The predicted molar refractivity (Wildman–Crippen MR) is 95.5 cm³/mol. The van der Waals surface area contributed by atoms with Crippen molar-refractivity contribution in [1.29, 1.82) is 0 Å². The van der Waals surface area contributed by atoms with E-state index in [1.54, 1.807) is 7.11 Å². The first-order valence-corrected chi connectivity index (χ1v) is 7.60. The van der Waals surface area contributed by atoms with Crippen molar-refractivity contribution in [3.05, 3.63) is 64.3 Å². The second kappa shape index (κ2) is 4.85. The highest BCUT2D eigenvalue weighted by Crippen LogP contribution is 2.29. The summed E-state index contributed by atoms with van der Waals surface area (Å²) in [6, 6.07) is 15.9. The SMILES string of the molecule is COc1ccc2c(=O)c3cc4ccccc4cc3n(C)c2c1C. The van der Waals surface area contributed by atoms with Gasteiger partial charge in [0.25, 0.3) is 0 Å². The Labute approximate surface area is 133 Å². The summed E-state index contributed by atoms with van der Waals surface area (Å²) < 4.78 is 7.51. The van der Waals surface area contributed by atoms with Crippen molar-refractivity contribution in [1.82, 2.24) is 4.57 Å². The van der Waals surface area contributed by atoms with Crippen LogP contribution in [-0.2, 0) is 7.05 Å². The van der Waals surface area contributed by atoms with Crippen LogP contribution >= 0.6 is 0 Å². The summed E-state index contributed by atoms with van der Waals surface area (Å²) in [5.41, 5.74) is 2.93. The Bertz CT molecular complexity index is 1140. The van der Waals surface area contributed by atoms with Crippen molar-refractivity contribution in [2.45, 2.75) is 6.92 Å². The number of methoxy groups -OCH3 is 1. The maximum atomic E-state index is 13.0. The van der Waals surface area contributed by atoms with Gasteiger partial charge < -0.3 is 9.30 Å². The van der Waals surface area contributed by atoms with Gasteiger partial charge in [0.05, 0.1) is 18.1 Å². The van der Waals surface area contributed by atoms with E-state index >= 15 is 0 Å². The number of aryl methyl sites for hydroxylation is 2. The number of nitrogens with zero attached hydrogens (tertiary/aromatic N) is 1. The minimum absolute atomic E-state index is 0.0737. The van der Waals surface area contributed by atoms with E-state index < -0.39 is 0 Å². The molecular weight excluding hydrogens is 286 g/mol. The molecule has 3 heteroatoms. The quantitative estimate of drug-likeness (QED) is 0.494. The molecule has 0 bridgehead atoms. The fourth-order valence-corrected chi connectivity index (χ4v) is 3.47. The van der Waals surface area contributed by atoms with Crippen LogP contribution in [-0.4, -0.2) is 11.7 Å². The third kappa shape index (κ3) is 1.86. The van der Waals surface area contributed by atoms with Crippen LogP contribution in [0.3, 0.4) is 0 Å². The molecule has 0 fully saturated rings. The van der Waals surface area contributed by atoms with E-state index in [0.717, 1.165) is 43.9 Å². The number of aromatic nitrogens is 1. The van der Waals surface area contributed by atoms with Crippen LogP contribution < -0.4 is 10.2 Å². The second-order valence-electron chi connectivity index (χ2n) is 5.89. The van der Waals surface area contributed by atoms with Crippen molar-refractivity contribution < 1.29 is 4.74 Å². The van der Waals surface area contributed by atoms with E-state index in [4.69, 9.17) is 4.74 Å². The molecule has 0 spiro atoms. The fraction of sp³-hybridized carbons (Fsp3) is 0.150. The molecule has 0 N–H and O–H groups in total. The van der Waals surface area contributed by atoms with Crippen molar-refractivity contribution in [3.63, 3.8) is 0 Å². The Kier molecular flexibility index (Phi) is 2.91. The van der Waals surface area contributed by atoms with E-state index in [0.29, 0.717) is 0 Å². The average Bonchev–Trinajstić information content (AvgIpc) is 2.58. The molecule has 0 saturated heterocycles. The molecule has 0 radical (unpaired) electrons. The lowest BCUT2D eigenvalue weighted by atomic mass is 10.0. The number of pyridine rings is 1. The topological polar surface area (TPSA) is 31.2 Å². The molecule has 0 unspecified atom stereocenters. The summed E-state index contributed by atoms with van der Waals surface area (Å²) in [4.78, 5) is 13.0. The zero-order valence-corrected chi connectivity index (χ0v) is 13.4. The predicted octanol–water partition coefficient (Wildman–Crippen LogP) is 4.16. The summed E-state index contributed by atoms with van der Waals surface area (Å²) in [7, 11) is 3.66. The highest BCUT2D eigenvalue weighted by molar-refractivity contribution is 6.02. The smallest absolute Gasteiger partial charge is 0.197 e. The monoisotopic (exact) mass is 303 g/mol. The van der Waals surface area contributed by atoms with Gasteiger partial charge >= 0.3 is 0 Å². The van der Waals surface area contributed by atoms with Gasteiger partial charge in [-0.1, -0.05) is 24.3 Å². The largest absolute Gasteiger partial charge is 0.496 e. The molecule has 0 amide bonds. The first-order chi connectivity index (χ1) is 11.1. The van der Waals surface area contributed by atoms with Crippen LogP contribution in [0.15, 0.2) is 53.3 Å². The van der Waals surface area contributed by atoms with Crippen LogP contribution in [0.25, 0.3) is 32.6 Å².